The molecule has 4 heteroatoms. The third kappa shape index (κ3) is 2.16. The summed E-state index contributed by atoms with van der Waals surface area (Å²) >= 11 is 0. The van der Waals surface area contributed by atoms with Gasteiger partial charge in [0.05, 0.1) is 19.3 Å². The van der Waals surface area contributed by atoms with Crippen molar-refractivity contribution >= 4 is 0 Å². The topological polar surface area (TPSA) is 47.3 Å². The lowest BCUT2D eigenvalue weighted by Crippen LogP contribution is -2.01. The number of aryl methyl sites for hydroxylation is 1. The summed E-state index contributed by atoms with van der Waals surface area (Å²) in [6.45, 7) is 2.39. The van der Waals surface area contributed by atoms with Crippen LogP contribution < -0.4 is 4.74 Å². The Bertz CT molecular complexity index is 492. The van der Waals surface area contributed by atoms with Gasteiger partial charge in [-0.15, -0.1) is 0 Å². The number of aromatic nitrogens is 2. The number of hydrogen-bond acceptors (Lipinski definition) is 3. The monoisotopic (exact) mass is 218 g/mol. The SMILES string of the molecule is COc1cccc(Cn2nc(C)cc2O)c1. The molecule has 2 aromatic rings. The summed E-state index contributed by atoms with van der Waals surface area (Å²) in [6, 6.07) is 9.34. The lowest BCUT2D eigenvalue weighted by atomic mass is 10.2. The third-order valence-corrected chi connectivity index (χ3v) is 2.35. The average Bonchev–Trinajstić information content (AvgIpc) is 2.58. The van der Waals surface area contributed by atoms with Crippen molar-refractivity contribution in [3.8, 4) is 11.6 Å². The van der Waals surface area contributed by atoms with Gasteiger partial charge in [0.25, 0.3) is 0 Å². The molecule has 84 valence electrons. The molecule has 0 aliphatic heterocycles. The maximum Gasteiger partial charge on any atom is 0.209 e. The number of benzene rings is 1. The first kappa shape index (κ1) is 10.5. The van der Waals surface area contributed by atoms with E-state index in [9.17, 15) is 5.11 Å². The fourth-order valence-corrected chi connectivity index (χ4v) is 1.59. The Morgan fingerprint density at radius 3 is 2.81 bits per heavy atom. The number of methoxy groups -OCH3 is 1. The minimum absolute atomic E-state index is 0.181. The van der Waals surface area contributed by atoms with E-state index in [-0.39, 0.29) is 5.88 Å². The van der Waals surface area contributed by atoms with Gasteiger partial charge >= 0.3 is 0 Å². The van der Waals surface area contributed by atoms with Crippen molar-refractivity contribution in [1.29, 1.82) is 0 Å². The highest BCUT2D eigenvalue weighted by molar-refractivity contribution is 5.29. The van der Waals surface area contributed by atoms with Crippen LogP contribution in [0.1, 0.15) is 11.3 Å². The van der Waals surface area contributed by atoms with E-state index in [0.29, 0.717) is 6.54 Å². The molecular formula is C12H14N2O2. The molecule has 0 atom stereocenters. The fourth-order valence-electron chi connectivity index (χ4n) is 1.59. The molecule has 0 aliphatic carbocycles. The van der Waals surface area contributed by atoms with Crippen LogP contribution in [0, 0.1) is 6.92 Å². The van der Waals surface area contributed by atoms with E-state index in [4.69, 9.17) is 4.74 Å². The lowest BCUT2D eigenvalue weighted by molar-refractivity contribution is 0.405. The highest BCUT2D eigenvalue weighted by Crippen LogP contribution is 2.16. The zero-order valence-electron chi connectivity index (χ0n) is 9.34. The molecule has 1 aromatic heterocycles. The number of hydrogen-bond donors (Lipinski definition) is 1. The van der Waals surface area contributed by atoms with Crippen molar-refractivity contribution in [2.45, 2.75) is 13.5 Å². The van der Waals surface area contributed by atoms with Crippen molar-refractivity contribution in [3.05, 3.63) is 41.6 Å². The van der Waals surface area contributed by atoms with Crippen molar-refractivity contribution in [1.82, 2.24) is 9.78 Å². The van der Waals surface area contributed by atoms with Crippen LogP contribution in [0.4, 0.5) is 0 Å². The Kier molecular flexibility index (Phi) is 2.81. The predicted molar refractivity (Wildman–Crippen MR) is 60.7 cm³/mol. The van der Waals surface area contributed by atoms with E-state index < -0.39 is 0 Å². The van der Waals surface area contributed by atoms with Crippen LogP contribution in [-0.2, 0) is 6.54 Å². The standard InChI is InChI=1S/C12H14N2O2/c1-9-6-12(15)14(13-9)8-10-4-3-5-11(7-10)16-2/h3-7,15H,8H2,1-2H3. The minimum atomic E-state index is 0.181. The largest absolute Gasteiger partial charge is 0.497 e. The van der Waals surface area contributed by atoms with E-state index in [1.165, 1.54) is 0 Å². The molecule has 2 rings (SSSR count). The number of aromatic hydroxyl groups is 1. The summed E-state index contributed by atoms with van der Waals surface area (Å²) in [5.74, 6) is 0.987. The Balaban J connectivity index is 2.23. The summed E-state index contributed by atoms with van der Waals surface area (Å²) in [6.07, 6.45) is 0. The van der Waals surface area contributed by atoms with Crippen molar-refractivity contribution in [2.24, 2.45) is 0 Å². The van der Waals surface area contributed by atoms with Gasteiger partial charge in [-0.25, -0.2) is 4.68 Å². The molecule has 0 bridgehead atoms. The van der Waals surface area contributed by atoms with Gasteiger partial charge in [0.15, 0.2) is 0 Å². The van der Waals surface area contributed by atoms with Crippen molar-refractivity contribution in [2.75, 3.05) is 7.11 Å². The van der Waals surface area contributed by atoms with Gasteiger partial charge in [0, 0.05) is 6.07 Å². The van der Waals surface area contributed by atoms with Gasteiger partial charge in [0.2, 0.25) is 5.88 Å². The first-order valence-electron chi connectivity index (χ1n) is 5.05. The molecule has 0 amide bonds. The maximum absolute atomic E-state index is 9.59. The minimum Gasteiger partial charge on any atom is -0.497 e. The molecule has 16 heavy (non-hydrogen) atoms. The Labute approximate surface area is 94.1 Å². The second-order valence-corrected chi connectivity index (χ2v) is 3.65. The maximum atomic E-state index is 9.59. The van der Waals surface area contributed by atoms with Crippen LogP contribution in [0.3, 0.4) is 0 Å². The number of ether oxygens (including phenoxy) is 1. The highest BCUT2D eigenvalue weighted by atomic mass is 16.5. The first-order chi connectivity index (χ1) is 7.69. The van der Waals surface area contributed by atoms with Crippen LogP contribution in [0.5, 0.6) is 11.6 Å². The van der Waals surface area contributed by atoms with E-state index in [2.05, 4.69) is 5.10 Å². The third-order valence-electron chi connectivity index (χ3n) is 2.35. The molecule has 1 heterocycles. The summed E-state index contributed by atoms with van der Waals surface area (Å²) in [7, 11) is 1.63. The van der Waals surface area contributed by atoms with Crippen LogP contribution in [-0.4, -0.2) is 22.0 Å². The second kappa shape index (κ2) is 4.26. The Morgan fingerprint density at radius 1 is 1.38 bits per heavy atom. The normalized spacial score (nSPS) is 10.4. The van der Waals surface area contributed by atoms with Crippen LogP contribution in [0.15, 0.2) is 30.3 Å². The van der Waals surface area contributed by atoms with Crippen LogP contribution >= 0.6 is 0 Å². The van der Waals surface area contributed by atoms with E-state index in [1.807, 2.05) is 31.2 Å². The molecule has 0 saturated carbocycles. The molecule has 4 nitrogen and oxygen atoms in total. The fraction of sp³-hybridized carbons (Fsp3) is 0.250. The zero-order valence-corrected chi connectivity index (χ0v) is 9.34. The summed E-state index contributed by atoms with van der Waals surface area (Å²) in [4.78, 5) is 0. The van der Waals surface area contributed by atoms with Crippen molar-refractivity contribution in [3.63, 3.8) is 0 Å². The highest BCUT2D eigenvalue weighted by Gasteiger charge is 2.04. The number of rotatable bonds is 3. The Morgan fingerprint density at radius 2 is 2.19 bits per heavy atom. The molecule has 0 fully saturated rings. The summed E-state index contributed by atoms with van der Waals surface area (Å²) < 4.78 is 6.70. The van der Waals surface area contributed by atoms with Gasteiger partial charge < -0.3 is 9.84 Å². The molecular weight excluding hydrogens is 204 g/mol. The van der Waals surface area contributed by atoms with E-state index in [0.717, 1.165) is 17.0 Å². The molecule has 1 N–H and O–H groups in total. The molecule has 1 aromatic carbocycles. The second-order valence-electron chi connectivity index (χ2n) is 3.65. The quantitative estimate of drug-likeness (QED) is 0.856. The molecule has 0 spiro atoms. The lowest BCUT2D eigenvalue weighted by Gasteiger charge is -2.05. The molecule has 0 saturated heterocycles. The van der Waals surface area contributed by atoms with Crippen molar-refractivity contribution < 1.29 is 9.84 Å². The zero-order chi connectivity index (χ0) is 11.5. The van der Waals surface area contributed by atoms with Gasteiger partial charge in [-0.05, 0) is 24.6 Å². The van der Waals surface area contributed by atoms with E-state index >= 15 is 0 Å². The summed E-state index contributed by atoms with van der Waals surface area (Å²) in [5, 5.41) is 13.8. The predicted octanol–water partition coefficient (Wildman–Crippen LogP) is 1.95. The Hall–Kier alpha value is -1.97. The summed E-state index contributed by atoms with van der Waals surface area (Å²) in [5.41, 5.74) is 1.85. The van der Waals surface area contributed by atoms with Gasteiger partial charge in [-0.1, -0.05) is 12.1 Å². The van der Waals surface area contributed by atoms with Gasteiger partial charge in [-0.2, -0.15) is 5.10 Å². The smallest absolute Gasteiger partial charge is 0.209 e. The first-order valence-corrected chi connectivity index (χ1v) is 5.05. The van der Waals surface area contributed by atoms with Crippen LogP contribution in [0.2, 0.25) is 0 Å². The number of nitrogens with zero attached hydrogens (tertiary/aromatic N) is 2. The molecule has 0 aliphatic rings. The average molecular weight is 218 g/mol. The van der Waals surface area contributed by atoms with Gasteiger partial charge in [-0.3, -0.25) is 0 Å². The molecule has 0 radical (unpaired) electrons. The van der Waals surface area contributed by atoms with Gasteiger partial charge in [0.1, 0.15) is 5.75 Å². The van der Waals surface area contributed by atoms with Crippen LogP contribution in [0.25, 0.3) is 0 Å². The van der Waals surface area contributed by atoms with E-state index in [1.54, 1.807) is 17.9 Å². The molecule has 0 unspecified atom stereocenters.